The molecule has 2 fully saturated rings. The second-order valence-electron chi connectivity index (χ2n) is 6.70. The molecule has 0 bridgehead atoms. The van der Waals surface area contributed by atoms with Crippen LogP contribution >= 0.6 is 0 Å². The summed E-state index contributed by atoms with van der Waals surface area (Å²) in [7, 11) is 0. The number of fused-ring (bicyclic) bond motifs is 1. The molecule has 2 saturated heterocycles. The van der Waals surface area contributed by atoms with Gasteiger partial charge in [-0.25, -0.2) is 4.90 Å². The highest BCUT2D eigenvalue weighted by Gasteiger charge is 2.48. The summed E-state index contributed by atoms with van der Waals surface area (Å²) in [5.41, 5.74) is 0.663. The Kier molecular flexibility index (Phi) is 4.20. The Balaban J connectivity index is 1.69. The maximum absolute atomic E-state index is 12.7. The molecule has 0 spiro atoms. The molecule has 3 aliphatic rings. The van der Waals surface area contributed by atoms with E-state index >= 15 is 0 Å². The lowest BCUT2D eigenvalue weighted by atomic mass is 9.85. The van der Waals surface area contributed by atoms with Crippen molar-refractivity contribution < 1.29 is 19.2 Å². The Labute approximate surface area is 150 Å². The number of carbonyl (C=O) groups excluding carboxylic acids is 2. The van der Waals surface area contributed by atoms with E-state index in [2.05, 4.69) is 0 Å². The van der Waals surface area contributed by atoms with Crippen LogP contribution in [0.5, 0.6) is 0 Å². The van der Waals surface area contributed by atoms with Crippen molar-refractivity contribution in [2.75, 3.05) is 36.1 Å². The molecule has 0 saturated carbocycles. The quantitative estimate of drug-likeness (QED) is 0.355. The van der Waals surface area contributed by atoms with Crippen molar-refractivity contribution in [1.82, 2.24) is 0 Å². The Morgan fingerprint density at radius 3 is 2.23 bits per heavy atom. The highest BCUT2D eigenvalue weighted by atomic mass is 16.6. The number of benzene rings is 1. The molecule has 2 amide bonds. The minimum absolute atomic E-state index is 0.0991. The van der Waals surface area contributed by atoms with Crippen molar-refractivity contribution >= 4 is 28.9 Å². The number of hydrogen-bond donors (Lipinski definition) is 0. The van der Waals surface area contributed by atoms with Crippen molar-refractivity contribution in [3.63, 3.8) is 0 Å². The molecule has 0 aromatic heterocycles. The third-order valence-electron chi connectivity index (χ3n) is 5.27. The molecule has 0 N–H and O–H groups in total. The average Bonchev–Trinajstić information content (AvgIpc) is 2.93. The topological polar surface area (TPSA) is 93.0 Å². The van der Waals surface area contributed by atoms with Gasteiger partial charge >= 0.3 is 0 Å². The van der Waals surface area contributed by atoms with E-state index in [9.17, 15) is 19.7 Å². The third kappa shape index (κ3) is 2.66. The van der Waals surface area contributed by atoms with Crippen LogP contribution in [0, 0.1) is 22.0 Å². The molecule has 8 nitrogen and oxygen atoms in total. The van der Waals surface area contributed by atoms with Crippen LogP contribution in [0.15, 0.2) is 30.4 Å². The molecule has 1 aromatic rings. The number of nitrogens with zero attached hydrogens (tertiary/aromatic N) is 3. The number of imide groups is 1. The maximum Gasteiger partial charge on any atom is 0.294 e. The van der Waals surface area contributed by atoms with Crippen LogP contribution in [0.2, 0.25) is 0 Å². The fourth-order valence-electron chi connectivity index (χ4n) is 3.92. The predicted molar refractivity (Wildman–Crippen MR) is 94.0 cm³/mol. The molecule has 136 valence electrons. The normalized spacial score (nSPS) is 25.5. The highest BCUT2D eigenvalue weighted by molar-refractivity contribution is 6.22. The van der Waals surface area contributed by atoms with Crippen LogP contribution in [0.4, 0.5) is 17.1 Å². The van der Waals surface area contributed by atoms with Gasteiger partial charge in [-0.15, -0.1) is 0 Å². The van der Waals surface area contributed by atoms with Gasteiger partial charge in [0.05, 0.1) is 35.7 Å². The first-order valence-corrected chi connectivity index (χ1v) is 8.72. The molecule has 8 heteroatoms. The summed E-state index contributed by atoms with van der Waals surface area (Å²) in [6, 6.07) is 4.59. The van der Waals surface area contributed by atoms with Crippen molar-refractivity contribution in [2.45, 2.75) is 12.8 Å². The fourth-order valence-corrected chi connectivity index (χ4v) is 3.92. The van der Waals surface area contributed by atoms with E-state index < -0.39 is 4.92 Å². The van der Waals surface area contributed by atoms with Crippen LogP contribution in [-0.4, -0.2) is 43.0 Å². The highest BCUT2D eigenvalue weighted by Crippen LogP contribution is 2.40. The number of nitro benzene ring substituents is 1. The number of hydrogen-bond acceptors (Lipinski definition) is 6. The third-order valence-corrected chi connectivity index (χ3v) is 5.27. The van der Waals surface area contributed by atoms with Gasteiger partial charge in [0.15, 0.2) is 0 Å². The minimum atomic E-state index is -0.464. The van der Waals surface area contributed by atoms with Gasteiger partial charge in [-0.2, -0.15) is 0 Å². The van der Waals surface area contributed by atoms with E-state index in [-0.39, 0.29) is 35.0 Å². The molecule has 2 heterocycles. The van der Waals surface area contributed by atoms with Crippen LogP contribution in [0.1, 0.15) is 12.8 Å². The van der Waals surface area contributed by atoms with Gasteiger partial charge in [0.2, 0.25) is 11.8 Å². The average molecular weight is 357 g/mol. The van der Waals surface area contributed by atoms with Gasteiger partial charge in [-0.05, 0) is 25.0 Å². The largest absolute Gasteiger partial charge is 0.378 e. The van der Waals surface area contributed by atoms with E-state index in [4.69, 9.17) is 4.74 Å². The first kappa shape index (κ1) is 16.7. The van der Waals surface area contributed by atoms with Crippen molar-refractivity contribution in [3.05, 3.63) is 40.5 Å². The zero-order valence-electron chi connectivity index (χ0n) is 14.2. The van der Waals surface area contributed by atoms with Crippen LogP contribution in [-0.2, 0) is 14.3 Å². The smallest absolute Gasteiger partial charge is 0.294 e. The molecule has 1 aromatic carbocycles. The van der Waals surface area contributed by atoms with E-state index in [1.165, 1.54) is 6.07 Å². The molecular weight excluding hydrogens is 338 g/mol. The molecule has 2 atom stereocenters. The Morgan fingerprint density at radius 2 is 1.65 bits per heavy atom. The van der Waals surface area contributed by atoms with Gasteiger partial charge in [0.1, 0.15) is 5.69 Å². The molecule has 4 rings (SSSR count). The van der Waals surface area contributed by atoms with E-state index in [0.717, 1.165) is 4.90 Å². The zero-order valence-corrected chi connectivity index (χ0v) is 14.2. The summed E-state index contributed by atoms with van der Waals surface area (Å²) in [6.07, 6.45) is 4.92. The van der Waals surface area contributed by atoms with Gasteiger partial charge in [-0.3, -0.25) is 19.7 Å². The summed E-state index contributed by atoms with van der Waals surface area (Å²) in [4.78, 5) is 39.5. The Hall–Kier alpha value is -2.74. The zero-order chi connectivity index (χ0) is 18.3. The molecule has 0 radical (unpaired) electrons. The molecule has 26 heavy (non-hydrogen) atoms. The lowest BCUT2D eigenvalue weighted by Crippen LogP contribution is -2.36. The van der Waals surface area contributed by atoms with Gasteiger partial charge < -0.3 is 9.64 Å². The molecule has 1 aliphatic carbocycles. The van der Waals surface area contributed by atoms with E-state index in [0.29, 0.717) is 44.8 Å². The maximum atomic E-state index is 12.7. The second kappa shape index (κ2) is 6.53. The van der Waals surface area contributed by atoms with Gasteiger partial charge in [-0.1, -0.05) is 12.2 Å². The first-order chi connectivity index (χ1) is 12.6. The summed E-state index contributed by atoms with van der Waals surface area (Å²) in [5, 5.41) is 11.6. The predicted octanol–water partition coefficient (Wildman–Crippen LogP) is 1.89. The Morgan fingerprint density at radius 1 is 1.04 bits per heavy atom. The van der Waals surface area contributed by atoms with E-state index in [1.54, 1.807) is 12.1 Å². The van der Waals surface area contributed by atoms with Gasteiger partial charge in [0.25, 0.3) is 5.69 Å². The van der Waals surface area contributed by atoms with Crippen molar-refractivity contribution in [2.24, 2.45) is 11.8 Å². The van der Waals surface area contributed by atoms with Crippen molar-refractivity contribution in [1.29, 1.82) is 0 Å². The Bertz CT molecular complexity index is 774. The van der Waals surface area contributed by atoms with Crippen LogP contribution < -0.4 is 9.80 Å². The lowest BCUT2D eigenvalue weighted by Gasteiger charge is -2.28. The van der Waals surface area contributed by atoms with Crippen LogP contribution in [0.3, 0.4) is 0 Å². The second-order valence-corrected chi connectivity index (χ2v) is 6.70. The standard InChI is InChI=1S/C18H19N3O5/c22-17-13-3-1-2-4-14(13)18(23)20(17)12-5-6-15(16(11-12)21(24)25)19-7-9-26-10-8-19/h1-2,5-6,11,13-14H,3-4,7-10H2/t13-,14-/m1/s1. The van der Waals surface area contributed by atoms with Crippen LogP contribution in [0.25, 0.3) is 0 Å². The number of nitro groups is 1. The van der Waals surface area contributed by atoms with Gasteiger partial charge in [0, 0.05) is 19.2 Å². The first-order valence-electron chi connectivity index (χ1n) is 8.72. The number of allylic oxidation sites excluding steroid dienone is 2. The summed E-state index contributed by atoms with van der Waals surface area (Å²) < 4.78 is 5.29. The summed E-state index contributed by atoms with van der Waals surface area (Å²) in [6.45, 7) is 2.16. The lowest BCUT2D eigenvalue weighted by molar-refractivity contribution is -0.384. The number of morpholine rings is 1. The minimum Gasteiger partial charge on any atom is -0.378 e. The number of carbonyl (C=O) groups is 2. The fraction of sp³-hybridized carbons (Fsp3) is 0.444. The molecular formula is C18H19N3O5. The SMILES string of the molecule is O=C1[C@@H]2CC=CC[C@H]2C(=O)N1c1ccc(N2CCOCC2)c([N+](=O)[O-])c1. The monoisotopic (exact) mass is 357 g/mol. The summed E-state index contributed by atoms with van der Waals surface area (Å²) in [5.74, 6) is -1.24. The number of ether oxygens (including phenoxy) is 1. The van der Waals surface area contributed by atoms with E-state index in [1.807, 2.05) is 17.1 Å². The summed E-state index contributed by atoms with van der Waals surface area (Å²) >= 11 is 0. The number of anilines is 2. The number of rotatable bonds is 3. The molecule has 0 unspecified atom stereocenters. The van der Waals surface area contributed by atoms with Crippen molar-refractivity contribution in [3.8, 4) is 0 Å². The molecule has 2 aliphatic heterocycles. The number of amides is 2.